The van der Waals surface area contributed by atoms with Gasteiger partial charge < -0.3 is 9.80 Å². The second-order valence-corrected chi connectivity index (χ2v) is 8.35. The van der Waals surface area contributed by atoms with Crippen LogP contribution < -0.4 is 0 Å². The van der Waals surface area contributed by atoms with E-state index in [1.54, 1.807) is 0 Å². The Balaban J connectivity index is 1.24. The number of likely N-dealkylation sites (tertiary alicyclic amines) is 2. The maximum atomic E-state index is 13.0. The number of hydrogen-bond acceptors (Lipinski definition) is 4. The van der Waals surface area contributed by atoms with Crippen LogP contribution in [0.15, 0.2) is 36.7 Å². The molecule has 2 saturated heterocycles. The fourth-order valence-electron chi connectivity index (χ4n) is 4.81. The molecule has 0 spiro atoms. The molecule has 2 unspecified atom stereocenters. The molecule has 0 radical (unpaired) electrons. The van der Waals surface area contributed by atoms with Gasteiger partial charge in [-0.1, -0.05) is 30.3 Å². The van der Waals surface area contributed by atoms with Crippen LogP contribution in [0.4, 0.5) is 0 Å². The molecule has 148 valence electrons. The number of aryl methyl sites for hydroxylation is 3. The van der Waals surface area contributed by atoms with Gasteiger partial charge in [-0.15, -0.1) is 0 Å². The van der Waals surface area contributed by atoms with Crippen molar-refractivity contribution in [2.75, 3.05) is 32.7 Å². The maximum absolute atomic E-state index is 13.0. The largest absolute Gasteiger partial charge is 0.338 e. The lowest BCUT2D eigenvalue weighted by atomic mass is 10.0. The average Bonchev–Trinajstić information content (AvgIpc) is 3.24. The zero-order chi connectivity index (χ0) is 19.5. The molecule has 0 saturated carbocycles. The number of nitrogens with zero attached hydrogens (tertiary/aromatic N) is 4. The van der Waals surface area contributed by atoms with Gasteiger partial charge in [0.05, 0.1) is 17.0 Å². The second-order valence-electron chi connectivity index (χ2n) is 8.35. The Kier molecular flexibility index (Phi) is 5.72. The van der Waals surface area contributed by atoms with Crippen molar-refractivity contribution < 1.29 is 4.79 Å². The highest BCUT2D eigenvalue weighted by atomic mass is 16.2. The van der Waals surface area contributed by atoms with Crippen LogP contribution >= 0.6 is 0 Å². The van der Waals surface area contributed by atoms with Gasteiger partial charge in [-0.2, -0.15) is 0 Å². The number of carbonyl (C=O) groups excluding carboxylic acids is 1. The monoisotopic (exact) mass is 378 g/mol. The zero-order valence-electron chi connectivity index (χ0n) is 17.0. The van der Waals surface area contributed by atoms with E-state index in [0.29, 0.717) is 17.4 Å². The Morgan fingerprint density at radius 3 is 2.25 bits per heavy atom. The molecule has 2 fully saturated rings. The smallest absolute Gasteiger partial charge is 0.257 e. The minimum Gasteiger partial charge on any atom is -0.338 e. The number of amides is 1. The molecule has 1 amide bonds. The van der Waals surface area contributed by atoms with Crippen molar-refractivity contribution in [2.45, 2.75) is 33.1 Å². The van der Waals surface area contributed by atoms with E-state index in [2.05, 4.69) is 45.2 Å². The Bertz CT molecular complexity index is 788. The summed E-state index contributed by atoms with van der Waals surface area (Å²) in [5.41, 5.74) is 3.70. The highest BCUT2D eigenvalue weighted by Crippen LogP contribution is 2.32. The van der Waals surface area contributed by atoms with E-state index < -0.39 is 0 Å². The van der Waals surface area contributed by atoms with Crippen LogP contribution in [0.2, 0.25) is 0 Å². The molecule has 5 heteroatoms. The normalized spacial score (nSPS) is 21.9. The molecule has 28 heavy (non-hydrogen) atoms. The summed E-state index contributed by atoms with van der Waals surface area (Å²) in [6, 6.07) is 10.7. The van der Waals surface area contributed by atoms with Gasteiger partial charge in [0.15, 0.2) is 0 Å². The molecule has 2 atom stereocenters. The average molecular weight is 379 g/mol. The molecule has 1 aromatic heterocycles. The van der Waals surface area contributed by atoms with Gasteiger partial charge >= 0.3 is 0 Å². The summed E-state index contributed by atoms with van der Waals surface area (Å²) in [6.45, 7) is 8.98. The van der Waals surface area contributed by atoms with Crippen LogP contribution in [0.3, 0.4) is 0 Å². The van der Waals surface area contributed by atoms with E-state index in [1.807, 2.05) is 18.7 Å². The Morgan fingerprint density at radius 2 is 1.61 bits per heavy atom. The lowest BCUT2D eigenvalue weighted by Crippen LogP contribution is -2.34. The molecule has 2 aliphatic heterocycles. The Hall–Kier alpha value is -2.27. The highest BCUT2D eigenvalue weighted by Gasteiger charge is 2.41. The first-order valence-electron chi connectivity index (χ1n) is 10.5. The molecule has 0 N–H and O–H groups in total. The summed E-state index contributed by atoms with van der Waals surface area (Å²) >= 11 is 0. The minimum atomic E-state index is 0.111. The maximum Gasteiger partial charge on any atom is 0.257 e. The van der Waals surface area contributed by atoms with E-state index in [9.17, 15) is 4.79 Å². The summed E-state index contributed by atoms with van der Waals surface area (Å²) in [7, 11) is 0. The van der Waals surface area contributed by atoms with Crippen molar-refractivity contribution >= 4 is 5.91 Å². The minimum absolute atomic E-state index is 0.111. The second kappa shape index (κ2) is 8.39. The van der Waals surface area contributed by atoms with Crippen molar-refractivity contribution in [3.63, 3.8) is 0 Å². The predicted molar refractivity (Wildman–Crippen MR) is 110 cm³/mol. The van der Waals surface area contributed by atoms with Crippen molar-refractivity contribution in [3.8, 4) is 0 Å². The molecule has 0 aliphatic carbocycles. The molecule has 4 rings (SSSR count). The van der Waals surface area contributed by atoms with E-state index >= 15 is 0 Å². The predicted octanol–water partition coefficient (Wildman–Crippen LogP) is 3.12. The third-order valence-electron chi connectivity index (χ3n) is 6.32. The first kappa shape index (κ1) is 19.1. The number of benzene rings is 1. The first-order valence-corrected chi connectivity index (χ1v) is 10.5. The number of unbranched alkanes of at least 4 members (excludes halogenated alkanes) is 1. The van der Waals surface area contributed by atoms with Crippen LogP contribution in [0, 0.1) is 25.7 Å². The Morgan fingerprint density at radius 1 is 0.964 bits per heavy atom. The number of hydrogen-bond donors (Lipinski definition) is 0. The topological polar surface area (TPSA) is 49.3 Å². The van der Waals surface area contributed by atoms with Gasteiger partial charge in [-0.05, 0) is 57.1 Å². The summed E-state index contributed by atoms with van der Waals surface area (Å²) in [6.07, 6.45) is 5.20. The number of fused-ring (bicyclic) bond motifs is 1. The van der Waals surface area contributed by atoms with E-state index in [4.69, 9.17) is 0 Å². The van der Waals surface area contributed by atoms with Gasteiger partial charge in [0, 0.05) is 26.2 Å². The van der Waals surface area contributed by atoms with Crippen molar-refractivity contribution in [1.82, 2.24) is 19.8 Å². The lowest BCUT2D eigenvalue weighted by molar-refractivity contribution is 0.0771. The number of rotatable bonds is 6. The molecular weight excluding hydrogens is 348 g/mol. The third-order valence-corrected chi connectivity index (χ3v) is 6.32. The van der Waals surface area contributed by atoms with Crippen LogP contribution in [0.5, 0.6) is 0 Å². The summed E-state index contributed by atoms with van der Waals surface area (Å²) in [5, 5.41) is 0. The molecule has 2 aliphatic rings. The fourth-order valence-corrected chi connectivity index (χ4v) is 4.81. The van der Waals surface area contributed by atoms with Crippen LogP contribution in [-0.4, -0.2) is 58.4 Å². The van der Waals surface area contributed by atoms with Crippen molar-refractivity contribution in [3.05, 3.63) is 59.2 Å². The molecule has 3 heterocycles. The number of carbonyl (C=O) groups is 1. The van der Waals surface area contributed by atoms with Gasteiger partial charge in [-0.25, -0.2) is 9.97 Å². The summed E-state index contributed by atoms with van der Waals surface area (Å²) < 4.78 is 0. The van der Waals surface area contributed by atoms with Crippen LogP contribution in [0.1, 0.15) is 40.2 Å². The fraction of sp³-hybridized carbons (Fsp3) is 0.522. The van der Waals surface area contributed by atoms with Gasteiger partial charge in [-0.3, -0.25) is 4.79 Å². The van der Waals surface area contributed by atoms with E-state index in [1.165, 1.54) is 37.7 Å². The van der Waals surface area contributed by atoms with E-state index in [0.717, 1.165) is 37.6 Å². The van der Waals surface area contributed by atoms with Crippen molar-refractivity contribution in [2.24, 2.45) is 11.8 Å². The van der Waals surface area contributed by atoms with Gasteiger partial charge in [0.1, 0.15) is 6.33 Å². The Labute approximate surface area is 167 Å². The standard InChI is InChI=1S/C23H30N4O/c1-17-22(18(2)25-16-24-17)23(28)27-14-20-12-26(13-21(20)15-27)11-7-6-10-19-8-4-3-5-9-19/h3-5,8-9,16,20-21H,6-7,10-15H2,1-2H3. The van der Waals surface area contributed by atoms with Crippen LogP contribution in [0.25, 0.3) is 0 Å². The molecule has 0 bridgehead atoms. The molecule has 2 aromatic rings. The van der Waals surface area contributed by atoms with Gasteiger partial charge in [0.2, 0.25) is 0 Å². The zero-order valence-corrected chi connectivity index (χ0v) is 17.0. The first-order chi connectivity index (χ1) is 13.6. The van der Waals surface area contributed by atoms with Gasteiger partial charge in [0.25, 0.3) is 5.91 Å². The van der Waals surface area contributed by atoms with Crippen molar-refractivity contribution in [1.29, 1.82) is 0 Å². The lowest BCUT2D eigenvalue weighted by Gasteiger charge is -2.22. The molecule has 1 aromatic carbocycles. The summed E-state index contributed by atoms with van der Waals surface area (Å²) in [4.78, 5) is 26.0. The number of aromatic nitrogens is 2. The van der Waals surface area contributed by atoms with Crippen LogP contribution in [-0.2, 0) is 6.42 Å². The molecular formula is C23H30N4O. The SMILES string of the molecule is Cc1ncnc(C)c1C(=O)N1CC2CN(CCCCc3ccccc3)CC2C1. The molecule has 5 nitrogen and oxygen atoms in total. The summed E-state index contributed by atoms with van der Waals surface area (Å²) in [5.74, 6) is 1.34. The highest BCUT2D eigenvalue weighted by molar-refractivity contribution is 5.96. The third kappa shape index (κ3) is 4.09. The quantitative estimate of drug-likeness (QED) is 0.725. The van der Waals surface area contributed by atoms with E-state index in [-0.39, 0.29) is 5.91 Å².